The summed E-state index contributed by atoms with van der Waals surface area (Å²) in [6.45, 7) is 5.89. The maximum atomic E-state index is 14.7. The van der Waals surface area contributed by atoms with Crippen molar-refractivity contribution in [2.45, 2.75) is 77.5 Å². The number of para-hydroxylation sites is 1. The van der Waals surface area contributed by atoms with E-state index in [1.807, 2.05) is 6.92 Å². The molecule has 4 unspecified atom stereocenters. The number of halogens is 3. The fourth-order valence-electron chi connectivity index (χ4n) is 3.75. The van der Waals surface area contributed by atoms with Crippen LogP contribution >= 0.6 is 0 Å². The Hall–Kier alpha value is -3.42. The Morgan fingerprint density at radius 2 is 1.62 bits per heavy atom. The molecule has 0 N–H and O–H groups in total. The maximum Gasteiger partial charge on any atom is 0.348 e. The summed E-state index contributed by atoms with van der Waals surface area (Å²) in [4.78, 5) is 21.1. The van der Waals surface area contributed by atoms with Gasteiger partial charge in [-0.25, -0.2) is 27.9 Å². The zero-order chi connectivity index (χ0) is 27.0. The summed E-state index contributed by atoms with van der Waals surface area (Å²) in [6, 6.07) is 13.5. The van der Waals surface area contributed by atoms with E-state index >= 15 is 0 Å². The lowest BCUT2D eigenvalue weighted by Crippen LogP contribution is -2.34. The molecule has 1 heterocycles. The summed E-state index contributed by atoms with van der Waals surface area (Å²) in [5.41, 5.74) is -0.00835. The molecule has 4 atom stereocenters. The van der Waals surface area contributed by atoms with Crippen molar-refractivity contribution in [3.8, 4) is 34.0 Å². The van der Waals surface area contributed by atoms with E-state index in [-0.39, 0.29) is 12.2 Å². The van der Waals surface area contributed by atoms with Gasteiger partial charge in [0.15, 0.2) is 12.0 Å². The number of alkyl halides is 3. The summed E-state index contributed by atoms with van der Waals surface area (Å²) in [6.07, 6.45) is 1.38. The van der Waals surface area contributed by atoms with E-state index in [2.05, 4.69) is 9.97 Å². The summed E-state index contributed by atoms with van der Waals surface area (Å²) in [7, 11) is 0. The lowest BCUT2D eigenvalue weighted by atomic mass is 10.0. The van der Waals surface area contributed by atoms with E-state index in [0.717, 1.165) is 25.3 Å². The third kappa shape index (κ3) is 7.54. The molecule has 3 rings (SSSR count). The molecule has 0 fully saturated rings. The highest BCUT2D eigenvalue weighted by Crippen LogP contribution is 2.30. The third-order valence-electron chi connectivity index (χ3n) is 6.05. The molecule has 5 nitrogen and oxygen atoms in total. The molecule has 0 saturated carbocycles. The van der Waals surface area contributed by atoms with Crippen LogP contribution in [0, 0.1) is 0 Å². The maximum absolute atomic E-state index is 14.7. The first-order chi connectivity index (χ1) is 17.6. The van der Waals surface area contributed by atoms with Gasteiger partial charge in [0.25, 0.3) is 0 Å². The van der Waals surface area contributed by atoms with Gasteiger partial charge >= 0.3 is 5.97 Å². The number of unbranched alkanes of at least 4 members (excludes halogenated alkanes) is 2. The quantitative estimate of drug-likeness (QED) is 0.142. The van der Waals surface area contributed by atoms with Gasteiger partial charge in [0.05, 0.1) is 5.56 Å². The first kappa shape index (κ1) is 28.2. The van der Waals surface area contributed by atoms with E-state index in [0.29, 0.717) is 29.1 Å². The number of benzene rings is 2. The van der Waals surface area contributed by atoms with Crippen LogP contribution in [0.15, 0.2) is 60.9 Å². The minimum absolute atomic E-state index is 0.123. The number of carbonyl (C=O) groups is 1. The minimum Gasteiger partial charge on any atom is -0.487 e. The van der Waals surface area contributed by atoms with E-state index < -0.39 is 30.1 Å². The van der Waals surface area contributed by atoms with Crippen molar-refractivity contribution in [1.29, 1.82) is 0 Å². The summed E-state index contributed by atoms with van der Waals surface area (Å²) < 4.78 is 52.9. The van der Waals surface area contributed by atoms with Gasteiger partial charge in [-0.1, -0.05) is 44.0 Å². The summed E-state index contributed by atoms with van der Waals surface area (Å²) >= 11 is 0. The molecule has 0 radical (unpaired) electrons. The van der Waals surface area contributed by atoms with Crippen LogP contribution in [0.1, 0.15) is 53.4 Å². The molecule has 1 aromatic heterocycles. The zero-order valence-corrected chi connectivity index (χ0v) is 21.6. The second-order valence-corrected chi connectivity index (χ2v) is 9.30. The molecule has 0 saturated heterocycles. The number of esters is 1. The topological polar surface area (TPSA) is 61.3 Å². The summed E-state index contributed by atoms with van der Waals surface area (Å²) in [5, 5.41) is 0. The molecule has 0 aliphatic rings. The van der Waals surface area contributed by atoms with E-state index in [1.54, 1.807) is 60.9 Å². The van der Waals surface area contributed by atoms with Crippen LogP contribution in [0.2, 0.25) is 0 Å². The van der Waals surface area contributed by atoms with Gasteiger partial charge in [0.1, 0.15) is 23.8 Å². The van der Waals surface area contributed by atoms with Gasteiger partial charge in [0, 0.05) is 18.0 Å². The Bertz CT molecular complexity index is 1150. The number of aromatic nitrogens is 2. The van der Waals surface area contributed by atoms with Crippen LogP contribution in [0.25, 0.3) is 22.5 Å². The molecule has 0 amide bonds. The normalized spacial score (nSPS) is 15.3. The Labute approximate surface area is 216 Å². The molecular formula is C29H33F3N2O3. The second kappa shape index (κ2) is 12.7. The number of hydrogen-bond acceptors (Lipinski definition) is 5. The monoisotopic (exact) mass is 514 g/mol. The van der Waals surface area contributed by atoms with Crippen LogP contribution in [0.5, 0.6) is 11.5 Å². The smallest absolute Gasteiger partial charge is 0.348 e. The third-order valence-corrected chi connectivity index (χ3v) is 6.05. The van der Waals surface area contributed by atoms with Gasteiger partial charge < -0.3 is 9.47 Å². The molecular weight excluding hydrogens is 481 g/mol. The molecule has 0 bridgehead atoms. The molecule has 0 spiro atoms. The lowest BCUT2D eigenvalue weighted by molar-refractivity contribution is -0.147. The fraction of sp³-hybridized carbons (Fsp3) is 0.414. The van der Waals surface area contributed by atoms with Gasteiger partial charge in [0.2, 0.25) is 5.67 Å². The van der Waals surface area contributed by atoms with Gasteiger partial charge in [-0.3, -0.25) is 0 Å². The van der Waals surface area contributed by atoms with Crippen molar-refractivity contribution in [3.05, 3.63) is 60.9 Å². The van der Waals surface area contributed by atoms with Gasteiger partial charge in [-0.05, 0) is 63.4 Å². The van der Waals surface area contributed by atoms with Crippen molar-refractivity contribution in [2.75, 3.05) is 0 Å². The van der Waals surface area contributed by atoms with Crippen LogP contribution in [-0.2, 0) is 4.79 Å². The Kier molecular flexibility index (Phi) is 9.66. The number of ether oxygens (including phenoxy) is 2. The van der Waals surface area contributed by atoms with Crippen molar-refractivity contribution < 1.29 is 27.4 Å². The Morgan fingerprint density at radius 1 is 0.973 bits per heavy atom. The van der Waals surface area contributed by atoms with E-state index in [1.165, 1.54) is 13.8 Å². The van der Waals surface area contributed by atoms with E-state index in [9.17, 15) is 18.0 Å². The van der Waals surface area contributed by atoms with Crippen LogP contribution in [-0.4, -0.2) is 40.1 Å². The number of hydrogen-bond donors (Lipinski definition) is 0. The zero-order valence-electron chi connectivity index (χ0n) is 21.6. The molecule has 3 aromatic rings. The van der Waals surface area contributed by atoms with Crippen molar-refractivity contribution in [1.82, 2.24) is 9.97 Å². The summed E-state index contributed by atoms with van der Waals surface area (Å²) in [5.74, 6) is 0.0665. The predicted molar refractivity (Wildman–Crippen MR) is 138 cm³/mol. The molecule has 198 valence electrons. The van der Waals surface area contributed by atoms with Crippen molar-refractivity contribution >= 4 is 5.97 Å². The number of carbonyl (C=O) groups excluding carboxylic acids is 1. The standard InChI is InChI=1S/C29H33F3N2O3/c1-5-6-9-16-29(4,32)28(35)37-23-14-12-21(13-15-23)22-17-33-27(34-18-22)24-10-7-8-11-25(24)36-20(3)26(31)19(2)30/h7-8,10-15,17-20,26H,5-6,9,16H2,1-4H3. The Morgan fingerprint density at radius 3 is 2.24 bits per heavy atom. The highest BCUT2D eigenvalue weighted by atomic mass is 19.2. The molecule has 0 aliphatic heterocycles. The number of rotatable bonds is 12. The van der Waals surface area contributed by atoms with Gasteiger partial charge in [-0.2, -0.15) is 0 Å². The SMILES string of the molecule is CCCCCC(C)(F)C(=O)Oc1ccc(-c2cnc(-c3ccccc3OC(C)C(F)C(C)F)nc2)cc1. The predicted octanol–water partition coefficient (Wildman–Crippen LogP) is 7.49. The highest BCUT2D eigenvalue weighted by molar-refractivity contribution is 5.81. The molecule has 0 aliphatic carbocycles. The van der Waals surface area contributed by atoms with Crippen LogP contribution in [0.3, 0.4) is 0 Å². The van der Waals surface area contributed by atoms with E-state index in [4.69, 9.17) is 9.47 Å². The largest absolute Gasteiger partial charge is 0.487 e. The minimum atomic E-state index is -2.04. The lowest BCUT2D eigenvalue weighted by Gasteiger charge is -2.21. The Balaban J connectivity index is 1.69. The van der Waals surface area contributed by atoms with Crippen molar-refractivity contribution in [2.24, 2.45) is 0 Å². The molecule has 37 heavy (non-hydrogen) atoms. The average Bonchev–Trinajstić information content (AvgIpc) is 2.89. The fourth-order valence-corrected chi connectivity index (χ4v) is 3.75. The van der Waals surface area contributed by atoms with Crippen LogP contribution < -0.4 is 9.47 Å². The van der Waals surface area contributed by atoms with Gasteiger partial charge in [-0.15, -0.1) is 0 Å². The first-order valence-corrected chi connectivity index (χ1v) is 12.5. The average molecular weight is 515 g/mol. The second-order valence-electron chi connectivity index (χ2n) is 9.30. The highest BCUT2D eigenvalue weighted by Gasteiger charge is 2.34. The number of nitrogens with zero attached hydrogens (tertiary/aromatic N) is 2. The van der Waals surface area contributed by atoms with Crippen LogP contribution in [0.4, 0.5) is 13.2 Å². The molecule has 2 aromatic carbocycles. The van der Waals surface area contributed by atoms with Crippen molar-refractivity contribution in [3.63, 3.8) is 0 Å². The molecule has 8 heteroatoms. The first-order valence-electron chi connectivity index (χ1n) is 12.5.